The molecular formula is C23H24N6O3. The van der Waals surface area contributed by atoms with Crippen LogP contribution in [0.25, 0.3) is 11.0 Å². The van der Waals surface area contributed by atoms with Gasteiger partial charge >= 0.3 is 0 Å². The molecule has 164 valence electrons. The van der Waals surface area contributed by atoms with Crippen LogP contribution in [0, 0.1) is 0 Å². The summed E-state index contributed by atoms with van der Waals surface area (Å²) in [5, 5.41) is 5.44. The summed E-state index contributed by atoms with van der Waals surface area (Å²) in [7, 11) is 1.99. The SMILES string of the molecule is Cn1c(N2CCN(C(=O)CC3NC(=O)c4ccccc4NC3=O)CC2)nc2ccccc21. The standard InChI is InChI=1S/C23H24N6O3/c1-27-19-9-5-4-8-17(19)26-23(27)29-12-10-28(11-13-29)20(30)14-18-22(32)24-16-7-3-2-6-15(16)21(31)25-18/h2-9,18H,10-14H2,1H3,(H,24,32)(H,25,31). The van der Waals surface area contributed by atoms with E-state index < -0.39 is 6.04 Å². The third-order valence-corrected chi connectivity index (χ3v) is 6.11. The van der Waals surface area contributed by atoms with Gasteiger partial charge in [-0.3, -0.25) is 14.4 Å². The Morgan fingerprint density at radius 1 is 1.03 bits per heavy atom. The number of imidazole rings is 1. The van der Waals surface area contributed by atoms with Gasteiger partial charge in [0.05, 0.1) is 28.7 Å². The van der Waals surface area contributed by atoms with Gasteiger partial charge in [-0.1, -0.05) is 24.3 Å². The Morgan fingerprint density at radius 2 is 1.75 bits per heavy atom. The summed E-state index contributed by atoms with van der Waals surface area (Å²) in [5.74, 6) is -0.00839. The summed E-state index contributed by atoms with van der Waals surface area (Å²) >= 11 is 0. The second kappa shape index (κ2) is 7.99. The zero-order valence-electron chi connectivity index (χ0n) is 17.7. The van der Waals surface area contributed by atoms with Gasteiger partial charge in [0.2, 0.25) is 17.8 Å². The Bertz CT molecular complexity index is 1210. The maximum Gasteiger partial charge on any atom is 0.254 e. The molecule has 2 N–H and O–H groups in total. The predicted molar refractivity (Wildman–Crippen MR) is 120 cm³/mol. The van der Waals surface area contributed by atoms with Crippen LogP contribution in [0.1, 0.15) is 16.8 Å². The first-order chi connectivity index (χ1) is 15.5. The Morgan fingerprint density at radius 3 is 2.53 bits per heavy atom. The second-order valence-electron chi connectivity index (χ2n) is 8.09. The molecular weight excluding hydrogens is 408 g/mol. The maximum atomic E-state index is 12.9. The number of aryl methyl sites for hydroxylation is 1. The normalized spacial score (nSPS) is 18.7. The van der Waals surface area contributed by atoms with Crippen molar-refractivity contribution in [2.24, 2.45) is 7.05 Å². The van der Waals surface area contributed by atoms with Gasteiger partial charge < -0.3 is 25.0 Å². The number of hydrogen-bond acceptors (Lipinski definition) is 5. The van der Waals surface area contributed by atoms with E-state index in [1.54, 1.807) is 29.2 Å². The molecule has 0 spiro atoms. The van der Waals surface area contributed by atoms with Crippen LogP contribution < -0.4 is 15.5 Å². The largest absolute Gasteiger partial charge is 0.340 e. The van der Waals surface area contributed by atoms with Gasteiger partial charge in [0, 0.05) is 33.2 Å². The van der Waals surface area contributed by atoms with E-state index in [9.17, 15) is 14.4 Å². The third kappa shape index (κ3) is 3.55. The number of nitrogens with zero attached hydrogens (tertiary/aromatic N) is 4. The van der Waals surface area contributed by atoms with Crippen molar-refractivity contribution in [2.45, 2.75) is 12.5 Å². The minimum atomic E-state index is -0.903. The highest BCUT2D eigenvalue weighted by molar-refractivity contribution is 6.10. The van der Waals surface area contributed by atoms with Crippen LogP contribution in [0.4, 0.5) is 11.6 Å². The highest BCUT2D eigenvalue weighted by Crippen LogP contribution is 2.23. The van der Waals surface area contributed by atoms with Crippen LogP contribution in [0.5, 0.6) is 0 Å². The zero-order valence-corrected chi connectivity index (χ0v) is 17.7. The highest BCUT2D eigenvalue weighted by atomic mass is 16.2. The van der Waals surface area contributed by atoms with Crippen LogP contribution in [-0.2, 0) is 16.6 Å². The molecule has 0 aliphatic carbocycles. The molecule has 1 atom stereocenters. The molecule has 5 rings (SSSR count). The van der Waals surface area contributed by atoms with Crippen molar-refractivity contribution in [2.75, 3.05) is 36.4 Å². The van der Waals surface area contributed by atoms with E-state index in [2.05, 4.69) is 20.1 Å². The highest BCUT2D eigenvalue weighted by Gasteiger charge is 2.32. The third-order valence-electron chi connectivity index (χ3n) is 6.11. The monoisotopic (exact) mass is 432 g/mol. The summed E-state index contributed by atoms with van der Waals surface area (Å²) in [6.45, 7) is 2.37. The Balaban J connectivity index is 1.23. The number of carbonyl (C=O) groups is 3. The molecule has 1 fully saturated rings. The van der Waals surface area contributed by atoms with Gasteiger partial charge in [0.25, 0.3) is 5.91 Å². The number of piperazine rings is 1. The van der Waals surface area contributed by atoms with Crippen LogP contribution in [0.2, 0.25) is 0 Å². The van der Waals surface area contributed by atoms with Crippen LogP contribution in [0.15, 0.2) is 48.5 Å². The number of hydrogen-bond donors (Lipinski definition) is 2. The molecule has 2 aliphatic heterocycles. The summed E-state index contributed by atoms with van der Waals surface area (Å²) < 4.78 is 2.07. The van der Waals surface area contributed by atoms with E-state index >= 15 is 0 Å². The van der Waals surface area contributed by atoms with E-state index in [1.165, 1.54) is 0 Å². The van der Waals surface area contributed by atoms with Crippen molar-refractivity contribution in [1.29, 1.82) is 0 Å². The first kappa shape index (κ1) is 20.0. The van der Waals surface area contributed by atoms with Crippen molar-refractivity contribution in [3.63, 3.8) is 0 Å². The fourth-order valence-corrected chi connectivity index (χ4v) is 4.33. The molecule has 9 nitrogen and oxygen atoms in total. The number of anilines is 2. The number of fused-ring (bicyclic) bond motifs is 2. The molecule has 32 heavy (non-hydrogen) atoms. The smallest absolute Gasteiger partial charge is 0.254 e. The van der Waals surface area contributed by atoms with Crippen LogP contribution >= 0.6 is 0 Å². The molecule has 1 aromatic heterocycles. The predicted octanol–water partition coefficient (Wildman–Crippen LogP) is 1.36. The lowest BCUT2D eigenvalue weighted by molar-refractivity contribution is -0.134. The summed E-state index contributed by atoms with van der Waals surface area (Å²) in [6, 6.07) is 13.9. The van der Waals surface area contributed by atoms with Crippen molar-refractivity contribution in [3.05, 3.63) is 54.1 Å². The lowest BCUT2D eigenvalue weighted by Gasteiger charge is -2.35. The lowest BCUT2D eigenvalue weighted by Crippen LogP contribution is -2.52. The lowest BCUT2D eigenvalue weighted by atomic mass is 10.1. The molecule has 3 amide bonds. The number of carbonyl (C=O) groups excluding carboxylic acids is 3. The van der Waals surface area contributed by atoms with E-state index in [4.69, 9.17) is 4.98 Å². The molecule has 9 heteroatoms. The number of para-hydroxylation sites is 3. The van der Waals surface area contributed by atoms with Crippen LogP contribution in [-0.4, -0.2) is 64.4 Å². The number of aromatic nitrogens is 2. The van der Waals surface area contributed by atoms with Gasteiger partial charge in [-0.2, -0.15) is 0 Å². The molecule has 3 aromatic rings. The average Bonchev–Trinajstić information content (AvgIpc) is 3.09. The minimum absolute atomic E-state index is 0.0716. The quantitative estimate of drug-likeness (QED) is 0.651. The first-order valence-electron chi connectivity index (χ1n) is 10.7. The summed E-state index contributed by atoms with van der Waals surface area (Å²) in [5.41, 5.74) is 2.87. The topological polar surface area (TPSA) is 99.6 Å². The molecule has 0 saturated carbocycles. The van der Waals surface area contributed by atoms with Crippen molar-refractivity contribution in [1.82, 2.24) is 19.8 Å². The average molecular weight is 432 g/mol. The molecule has 0 bridgehead atoms. The molecule has 1 unspecified atom stereocenters. The molecule has 3 heterocycles. The molecule has 0 radical (unpaired) electrons. The van der Waals surface area contributed by atoms with Gasteiger partial charge in [-0.15, -0.1) is 0 Å². The van der Waals surface area contributed by atoms with Crippen molar-refractivity contribution in [3.8, 4) is 0 Å². The maximum absolute atomic E-state index is 12.9. The fourth-order valence-electron chi connectivity index (χ4n) is 4.33. The molecule has 1 saturated heterocycles. The van der Waals surface area contributed by atoms with Crippen molar-refractivity contribution >= 4 is 40.4 Å². The van der Waals surface area contributed by atoms with Crippen LogP contribution in [0.3, 0.4) is 0 Å². The summed E-state index contributed by atoms with van der Waals surface area (Å²) in [6.07, 6.45) is -0.0716. The summed E-state index contributed by atoms with van der Waals surface area (Å²) in [4.78, 5) is 46.6. The molecule has 2 aromatic carbocycles. The van der Waals surface area contributed by atoms with Gasteiger partial charge in [-0.05, 0) is 24.3 Å². The number of nitrogens with one attached hydrogen (secondary N) is 2. The Labute approximate surface area is 185 Å². The molecule has 2 aliphatic rings. The van der Waals surface area contributed by atoms with Gasteiger partial charge in [-0.25, -0.2) is 4.98 Å². The van der Waals surface area contributed by atoms with E-state index in [1.807, 2.05) is 31.3 Å². The Kier molecular flexibility index (Phi) is 5.01. The number of amides is 3. The first-order valence-corrected chi connectivity index (χ1v) is 10.7. The van der Waals surface area contributed by atoms with E-state index in [0.717, 1.165) is 17.0 Å². The number of rotatable bonds is 3. The second-order valence-corrected chi connectivity index (χ2v) is 8.09. The van der Waals surface area contributed by atoms with E-state index in [-0.39, 0.29) is 24.1 Å². The van der Waals surface area contributed by atoms with Gasteiger partial charge in [0.15, 0.2) is 0 Å². The zero-order chi connectivity index (χ0) is 22.2. The fraction of sp³-hybridized carbons (Fsp3) is 0.304. The number of benzene rings is 2. The Hall–Kier alpha value is -3.88. The van der Waals surface area contributed by atoms with Gasteiger partial charge in [0.1, 0.15) is 6.04 Å². The van der Waals surface area contributed by atoms with Crippen molar-refractivity contribution < 1.29 is 14.4 Å². The minimum Gasteiger partial charge on any atom is -0.340 e. The van der Waals surface area contributed by atoms with E-state index in [0.29, 0.717) is 37.4 Å².